The van der Waals surface area contributed by atoms with Crippen LogP contribution in [0.4, 0.5) is 0 Å². The van der Waals surface area contributed by atoms with Crippen LogP contribution < -0.4 is 5.73 Å². The molecule has 1 atom stereocenters. The number of aliphatic hydroxyl groups is 1. The Morgan fingerprint density at radius 2 is 1.61 bits per heavy atom. The van der Waals surface area contributed by atoms with Crippen LogP contribution in [0.2, 0.25) is 0 Å². The Bertz CT molecular complexity index is 923. The maximum Gasteiger partial charge on any atom is 0.258 e. The number of amides is 1. The Kier molecular flexibility index (Phi) is 5.85. The number of sulfonamides is 1. The van der Waals surface area contributed by atoms with Gasteiger partial charge in [0.2, 0.25) is 10.0 Å². The fourth-order valence-electron chi connectivity index (χ4n) is 3.46. The molecular formula is C20H24N2O5S. The number of carbonyl (C=O) groups is 1. The Morgan fingerprint density at radius 1 is 1.07 bits per heavy atom. The molecule has 1 saturated heterocycles. The summed E-state index contributed by atoms with van der Waals surface area (Å²) in [4.78, 5) is 12.1. The highest BCUT2D eigenvalue weighted by Gasteiger charge is 2.38. The average Bonchev–Trinajstić information content (AvgIpc) is 2.73. The Hall–Kier alpha value is -2.26. The van der Waals surface area contributed by atoms with E-state index in [1.54, 1.807) is 37.4 Å². The number of primary amides is 1. The lowest BCUT2D eigenvalue weighted by Gasteiger charge is -2.30. The average molecular weight is 404 g/mol. The smallest absolute Gasteiger partial charge is 0.258 e. The third kappa shape index (κ3) is 3.68. The Morgan fingerprint density at radius 3 is 2.11 bits per heavy atom. The zero-order valence-corrected chi connectivity index (χ0v) is 16.4. The van der Waals surface area contributed by atoms with E-state index in [0.29, 0.717) is 31.5 Å². The lowest BCUT2D eigenvalue weighted by atomic mass is 9.86. The van der Waals surface area contributed by atoms with Crippen LogP contribution in [0.3, 0.4) is 0 Å². The van der Waals surface area contributed by atoms with Crippen molar-refractivity contribution < 1.29 is 23.1 Å². The van der Waals surface area contributed by atoms with Gasteiger partial charge >= 0.3 is 0 Å². The van der Waals surface area contributed by atoms with Gasteiger partial charge in [-0.15, -0.1) is 0 Å². The number of hydrogen-bond donors (Lipinski definition) is 2. The molecule has 2 aromatic carbocycles. The zero-order valence-electron chi connectivity index (χ0n) is 15.6. The molecule has 2 aromatic rings. The van der Waals surface area contributed by atoms with Gasteiger partial charge in [-0.05, 0) is 36.1 Å². The van der Waals surface area contributed by atoms with Crippen LogP contribution in [-0.2, 0) is 25.2 Å². The highest BCUT2D eigenvalue weighted by molar-refractivity contribution is 7.89. The minimum atomic E-state index is -3.66. The van der Waals surface area contributed by atoms with Gasteiger partial charge in [0.25, 0.3) is 5.91 Å². The third-order valence-corrected chi connectivity index (χ3v) is 7.11. The fraction of sp³-hybridized carbons (Fsp3) is 0.350. The molecule has 8 heteroatoms. The summed E-state index contributed by atoms with van der Waals surface area (Å²) in [6.45, 7) is 0.773. The molecule has 3 N–H and O–H groups in total. The van der Waals surface area contributed by atoms with E-state index in [9.17, 15) is 18.3 Å². The van der Waals surface area contributed by atoms with Crippen LogP contribution in [-0.4, -0.2) is 50.0 Å². The first-order chi connectivity index (χ1) is 13.3. The van der Waals surface area contributed by atoms with Gasteiger partial charge in [-0.25, -0.2) is 8.42 Å². The van der Waals surface area contributed by atoms with Crippen molar-refractivity contribution in [2.24, 2.45) is 5.73 Å². The van der Waals surface area contributed by atoms with Crippen LogP contribution >= 0.6 is 0 Å². The first kappa shape index (κ1) is 20.5. The van der Waals surface area contributed by atoms with E-state index in [4.69, 9.17) is 10.5 Å². The lowest BCUT2D eigenvalue weighted by Crippen LogP contribution is -2.42. The van der Waals surface area contributed by atoms with E-state index < -0.39 is 21.5 Å². The summed E-state index contributed by atoms with van der Waals surface area (Å²) in [5.41, 5.74) is 3.96. The molecule has 0 spiro atoms. The highest BCUT2D eigenvalue weighted by atomic mass is 32.2. The maximum absolute atomic E-state index is 12.9. The SMILES string of the molecule is COC1CCN(S(=O)(=O)c2ccc(C(O)(C(N)=O)c3ccccc3)cc2)CC1. The van der Waals surface area contributed by atoms with Crippen molar-refractivity contribution >= 4 is 15.9 Å². The van der Waals surface area contributed by atoms with Crippen molar-refractivity contribution in [3.05, 3.63) is 65.7 Å². The molecular weight excluding hydrogens is 380 g/mol. The number of piperidine rings is 1. The molecule has 0 aromatic heterocycles. The predicted octanol–water partition coefficient (Wildman–Crippen LogP) is 1.21. The molecule has 1 fully saturated rings. The van der Waals surface area contributed by atoms with Crippen molar-refractivity contribution in [2.45, 2.75) is 29.4 Å². The standard InChI is InChI=1S/C20H24N2O5S/c1-27-17-11-13-22(14-12-17)28(25,26)18-9-7-16(8-10-18)20(24,19(21)23)15-5-3-2-4-6-15/h2-10,17,24H,11-14H2,1H3,(H2,21,23). The molecule has 1 heterocycles. The molecule has 28 heavy (non-hydrogen) atoms. The summed E-state index contributed by atoms with van der Waals surface area (Å²) in [5, 5.41) is 11.0. The van der Waals surface area contributed by atoms with Crippen LogP contribution in [0.1, 0.15) is 24.0 Å². The fourth-order valence-corrected chi connectivity index (χ4v) is 4.93. The summed E-state index contributed by atoms with van der Waals surface area (Å²) >= 11 is 0. The van der Waals surface area contributed by atoms with Crippen molar-refractivity contribution in [1.29, 1.82) is 0 Å². The molecule has 0 bridgehead atoms. The Balaban J connectivity index is 1.89. The number of rotatable bonds is 6. The van der Waals surface area contributed by atoms with E-state index in [-0.39, 0.29) is 16.6 Å². The first-order valence-corrected chi connectivity index (χ1v) is 10.5. The maximum atomic E-state index is 12.9. The summed E-state index contributed by atoms with van der Waals surface area (Å²) in [7, 11) is -2.04. The van der Waals surface area contributed by atoms with Crippen LogP contribution in [0.5, 0.6) is 0 Å². The topological polar surface area (TPSA) is 110 Å². The van der Waals surface area contributed by atoms with Crippen LogP contribution in [0.25, 0.3) is 0 Å². The number of nitrogens with zero attached hydrogens (tertiary/aromatic N) is 1. The van der Waals surface area contributed by atoms with Crippen molar-refractivity contribution in [1.82, 2.24) is 4.31 Å². The van der Waals surface area contributed by atoms with Gasteiger partial charge in [0, 0.05) is 20.2 Å². The lowest BCUT2D eigenvalue weighted by molar-refractivity contribution is -0.133. The largest absolute Gasteiger partial charge is 0.381 e. The van der Waals surface area contributed by atoms with Crippen LogP contribution in [0, 0.1) is 0 Å². The zero-order chi connectivity index (χ0) is 20.4. The van der Waals surface area contributed by atoms with Gasteiger partial charge < -0.3 is 15.6 Å². The summed E-state index contributed by atoms with van der Waals surface area (Å²) in [6, 6.07) is 13.9. The van der Waals surface area contributed by atoms with Gasteiger partial charge in [0.05, 0.1) is 11.0 Å². The second-order valence-corrected chi connectivity index (χ2v) is 8.74. The quantitative estimate of drug-likeness (QED) is 0.752. The van der Waals surface area contributed by atoms with Crippen LogP contribution in [0.15, 0.2) is 59.5 Å². The number of methoxy groups -OCH3 is 1. The number of benzene rings is 2. The third-order valence-electron chi connectivity index (χ3n) is 5.19. The minimum Gasteiger partial charge on any atom is -0.381 e. The number of nitrogens with two attached hydrogens (primary N) is 1. The molecule has 150 valence electrons. The highest BCUT2D eigenvalue weighted by Crippen LogP contribution is 2.31. The number of ether oxygens (including phenoxy) is 1. The van der Waals surface area contributed by atoms with Crippen molar-refractivity contribution in [3.8, 4) is 0 Å². The van der Waals surface area contributed by atoms with E-state index >= 15 is 0 Å². The summed E-state index contributed by atoms with van der Waals surface area (Å²) < 4.78 is 32.5. The normalized spacial score (nSPS) is 18.5. The molecule has 0 saturated carbocycles. The monoisotopic (exact) mass is 404 g/mol. The molecule has 1 aliphatic heterocycles. The van der Waals surface area contributed by atoms with Gasteiger partial charge in [0.15, 0.2) is 5.60 Å². The van der Waals surface area contributed by atoms with E-state index in [2.05, 4.69) is 0 Å². The van der Waals surface area contributed by atoms with Crippen molar-refractivity contribution in [3.63, 3.8) is 0 Å². The predicted molar refractivity (Wildman–Crippen MR) is 104 cm³/mol. The summed E-state index contributed by atoms with van der Waals surface area (Å²) in [6.07, 6.45) is 1.36. The molecule has 1 unspecified atom stereocenters. The van der Waals surface area contributed by atoms with Gasteiger partial charge in [-0.1, -0.05) is 42.5 Å². The van der Waals surface area contributed by atoms with Gasteiger partial charge in [-0.3, -0.25) is 4.79 Å². The minimum absolute atomic E-state index is 0.0743. The molecule has 0 aliphatic carbocycles. The Labute approximate surface area is 164 Å². The van der Waals surface area contributed by atoms with E-state index in [0.717, 1.165) is 0 Å². The van der Waals surface area contributed by atoms with E-state index in [1.807, 2.05) is 0 Å². The second-order valence-electron chi connectivity index (χ2n) is 6.80. The van der Waals surface area contributed by atoms with Crippen molar-refractivity contribution in [2.75, 3.05) is 20.2 Å². The molecule has 0 radical (unpaired) electrons. The summed E-state index contributed by atoms with van der Waals surface area (Å²) in [5.74, 6) is -0.934. The molecule has 3 rings (SSSR count). The molecule has 1 aliphatic rings. The van der Waals surface area contributed by atoms with E-state index in [1.165, 1.54) is 28.6 Å². The number of carbonyl (C=O) groups excluding carboxylic acids is 1. The molecule has 1 amide bonds. The second kappa shape index (κ2) is 8.00. The first-order valence-electron chi connectivity index (χ1n) is 9.01. The van der Waals surface area contributed by atoms with Gasteiger partial charge in [0.1, 0.15) is 0 Å². The number of hydrogen-bond acceptors (Lipinski definition) is 5. The van der Waals surface area contributed by atoms with Gasteiger partial charge in [-0.2, -0.15) is 4.31 Å². The molecule has 7 nitrogen and oxygen atoms in total.